The molecule has 0 aliphatic heterocycles. The van der Waals surface area contributed by atoms with E-state index in [4.69, 9.17) is 10.5 Å². The molecule has 0 unspecified atom stereocenters. The number of nitrogens with two attached hydrogens (primary N) is 1. The number of hydrogen-bond donors (Lipinski definition) is 1. The lowest BCUT2D eigenvalue weighted by molar-refractivity contribution is -0.0764. The lowest BCUT2D eigenvalue weighted by Crippen LogP contribution is -2.42. The Hall–Kier alpha value is -0.660. The second-order valence-corrected chi connectivity index (χ2v) is 3.53. The summed E-state index contributed by atoms with van der Waals surface area (Å²) in [5, 5.41) is 0. The molecular formula is C8H15NO. The summed E-state index contributed by atoms with van der Waals surface area (Å²) in [4.78, 5) is 0. The summed E-state index contributed by atoms with van der Waals surface area (Å²) >= 11 is 0. The minimum atomic E-state index is -0.00868. The molecule has 1 saturated carbocycles. The monoisotopic (exact) mass is 141 g/mol. The van der Waals surface area contributed by atoms with Crippen LogP contribution in [0.4, 0.5) is 0 Å². The molecule has 1 fully saturated rings. The van der Waals surface area contributed by atoms with Gasteiger partial charge in [0.2, 0.25) is 0 Å². The van der Waals surface area contributed by atoms with Crippen LogP contribution in [0.25, 0.3) is 0 Å². The zero-order valence-electron chi connectivity index (χ0n) is 6.68. The summed E-state index contributed by atoms with van der Waals surface area (Å²) in [7, 11) is 0. The zero-order valence-corrected chi connectivity index (χ0v) is 6.68. The van der Waals surface area contributed by atoms with E-state index in [9.17, 15) is 0 Å². The first-order valence-electron chi connectivity index (χ1n) is 3.65. The molecule has 10 heavy (non-hydrogen) atoms. The summed E-state index contributed by atoms with van der Waals surface area (Å²) in [6, 6.07) is 0. The van der Waals surface area contributed by atoms with Crippen LogP contribution < -0.4 is 5.73 Å². The van der Waals surface area contributed by atoms with Crippen LogP contribution in [0.5, 0.6) is 0 Å². The minimum Gasteiger partial charge on any atom is -0.474 e. The van der Waals surface area contributed by atoms with Crippen LogP contribution in [-0.2, 0) is 4.74 Å². The van der Waals surface area contributed by atoms with Gasteiger partial charge in [0, 0.05) is 0 Å². The van der Waals surface area contributed by atoms with Gasteiger partial charge in [0.05, 0.1) is 0 Å². The van der Waals surface area contributed by atoms with Gasteiger partial charge >= 0.3 is 0 Å². The first kappa shape index (κ1) is 7.45. The van der Waals surface area contributed by atoms with E-state index in [0.717, 1.165) is 18.8 Å². The second-order valence-electron chi connectivity index (χ2n) is 3.53. The summed E-state index contributed by atoms with van der Waals surface area (Å²) in [5.74, 6) is 1.12. The van der Waals surface area contributed by atoms with E-state index < -0.39 is 0 Å². The molecule has 1 rings (SSSR count). The molecule has 0 amide bonds. The van der Waals surface area contributed by atoms with Gasteiger partial charge in [0.1, 0.15) is 5.60 Å². The summed E-state index contributed by atoms with van der Waals surface area (Å²) in [6.07, 6.45) is 2.20. The minimum absolute atomic E-state index is 0.00868. The van der Waals surface area contributed by atoms with Crippen molar-refractivity contribution in [3.8, 4) is 0 Å². The molecule has 58 valence electrons. The van der Waals surface area contributed by atoms with Crippen LogP contribution >= 0.6 is 0 Å². The molecule has 2 N–H and O–H groups in total. The van der Waals surface area contributed by atoms with Crippen molar-refractivity contribution in [1.82, 2.24) is 0 Å². The smallest absolute Gasteiger partial charge is 0.177 e. The van der Waals surface area contributed by atoms with E-state index in [1.807, 2.05) is 0 Å². The Kier molecular flexibility index (Phi) is 1.63. The van der Waals surface area contributed by atoms with Crippen LogP contribution in [0.3, 0.4) is 0 Å². The Morgan fingerprint density at radius 1 is 1.70 bits per heavy atom. The molecule has 2 heteroatoms. The van der Waals surface area contributed by atoms with Gasteiger partial charge in [-0.15, -0.1) is 0 Å². The molecule has 0 aromatic carbocycles. The van der Waals surface area contributed by atoms with Crippen molar-refractivity contribution < 1.29 is 4.74 Å². The molecule has 0 aromatic rings. The van der Waals surface area contributed by atoms with E-state index in [2.05, 4.69) is 20.4 Å². The first-order valence-corrected chi connectivity index (χ1v) is 3.65. The second kappa shape index (κ2) is 2.19. The van der Waals surface area contributed by atoms with E-state index in [-0.39, 0.29) is 5.60 Å². The molecule has 0 aromatic heterocycles. The Bertz CT molecular complexity index is 147. The van der Waals surface area contributed by atoms with Gasteiger partial charge < -0.3 is 10.5 Å². The van der Waals surface area contributed by atoms with Crippen molar-refractivity contribution >= 4 is 0 Å². The lowest BCUT2D eigenvalue weighted by atomic mass is 9.73. The van der Waals surface area contributed by atoms with Crippen LogP contribution in [0.1, 0.15) is 26.7 Å². The molecule has 0 heterocycles. The SMILES string of the molecule is C=C(N)OC1(C)CC(C)C1. The highest BCUT2D eigenvalue weighted by Gasteiger charge is 2.39. The zero-order chi connectivity index (χ0) is 7.78. The molecule has 1 aliphatic rings. The Morgan fingerprint density at radius 2 is 2.20 bits per heavy atom. The average Bonchev–Trinajstić information content (AvgIpc) is 1.57. The standard InChI is InChI=1S/C8H15NO/c1-6-4-8(3,5-6)10-7(2)9/h6H,2,4-5,9H2,1,3H3. The highest BCUT2D eigenvalue weighted by Crippen LogP contribution is 2.40. The predicted molar refractivity (Wildman–Crippen MR) is 41.2 cm³/mol. The Labute approximate surface area is 62.1 Å². The molecule has 0 bridgehead atoms. The van der Waals surface area contributed by atoms with E-state index in [1.165, 1.54) is 0 Å². The summed E-state index contributed by atoms with van der Waals surface area (Å²) in [6.45, 7) is 7.79. The van der Waals surface area contributed by atoms with Gasteiger partial charge in [-0.3, -0.25) is 0 Å². The van der Waals surface area contributed by atoms with E-state index in [0.29, 0.717) is 5.88 Å². The number of ether oxygens (including phenoxy) is 1. The normalized spacial score (nSPS) is 38.4. The van der Waals surface area contributed by atoms with Gasteiger partial charge in [0.15, 0.2) is 5.88 Å². The van der Waals surface area contributed by atoms with Gasteiger partial charge in [0.25, 0.3) is 0 Å². The van der Waals surface area contributed by atoms with Crippen molar-refractivity contribution in [2.75, 3.05) is 0 Å². The fourth-order valence-corrected chi connectivity index (χ4v) is 1.81. The Balaban J connectivity index is 2.34. The van der Waals surface area contributed by atoms with Crippen LogP contribution in [0.15, 0.2) is 12.5 Å². The van der Waals surface area contributed by atoms with Gasteiger partial charge in [-0.2, -0.15) is 0 Å². The molecule has 0 spiro atoms. The maximum absolute atomic E-state index is 5.33. The van der Waals surface area contributed by atoms with Crippen LogP contribution in [0, 0.1) is 5.92 Å². The number of rotatable bonds is 2. The first-order chi connectivity index (χ1) is 4.52. The fraction of sp³-hybridized carbons (Fsp3) is 0.750. The van der Waals surface area contributed by atoms with Gasteiger partial charge in [-0.1, -0.05) is 6.92 Å². The molecule has 2 nitrogen and oxygen atoms in total. The number of hydrogen-bond acceptors (Lipinski definition) is 2. The summed E-state index contributed by atoms with van der Waals surface area (Å²) in [5.41, 5.74) is 5.31. The van der Waals surface area contributed by atoms with Crippen molar-refractivity contribution in [1.29, 1.82) is 0 Å². The third-order valence-electron chi connectivity index (χ3n) is 1.94. The maximum atomic E-state index is 5.33. The predicted octanol–water partition coefficient (Wildman–Crippen LogP) is 1.62. The van der Waals surface area contributed by atoms with Crippen LogP contribution in [0.2, 0.25) is 0 Å². The van der Waals surface area contributed by atoms with Crippen molar-refractivity contribution in [2.45, 2.75) is 32.3 Å². The van der Waals surface area contributed by atoms with E-state index >= 15 is 0 Å². The average molecular weight is 141 g/mol. The van der Waals surface area contributed by atoms with E-state index in [1.54, 1.807) is 0 Å². The largest absolute Gasteiger partial charge is 0.474 e. The van der Waals surface area contributed by atoms with Crippen LogP contribution in [-0.4, -0.2) is 5.60 Å². The van der Waals surface area contributed by atoms with Crippen molar-refractivity contribution in [3.05, 3.63) is 12.5 Å². The van der Waals surface area contributed by atoms with Gasteiger partial charge in [-0.25, -0.2) is 0 Å². The maximum Gasteiger partial charge on any atom is 0.177 e. The highest BCUT2D eigenvalue weighted by molar-refractivity contribution is 4.93. The topological polar surface area (TPSA) is 35.2 Å². The molecule has 0 atom stereocenters. The quantitative estimate of drug-likeness (QED) is 0.593. The lowest BCUT2D eigenvalue weighted by Gasteiger charge is -2.43. The third-order valence-corrected chi connectivity index (χ3v) is 1.94. The molecular weight excluding hydrogens is 126 g/mol. The molecule has 0 radical (unpaired) electrons. The Morgan fingerprint density at radius 3 is 2.50 bits per heavy atom. The van der Waals surface area contributed by atoms with Gasteiger partial charge in [-0.05, 0) is 32.3 Å². The summed E-state index contributed by atoms with van der Waals surface area (Å²) < 4.78 is 5.33. The van der Waals surface area contributed by atoms with Crippen molar-refractivity contribution in [3.63, 3.8) is 0 Å². The third kappa shape index (κ3) is 1.43. The fourth-order valence-electron chi connectivity index (χ4n) is 1.81. The molecule has 0 saturated heterocycles. The highest BCUT2D eigenvalue weighted by atomic mass is 16.5. The van der Waals surface area contributed by atoms with Crippen molar-refractivity contribution in [2.24, 2.45) is 11.7 Å². The molecule has 1 aliphatic carbocycles.